The van der Waals surface area contributed by atoms with Crippen LogP contribution in [0.25, 0.3) is 0 Å². The molecule has 2 atom stereocenters. The van der Waals surface area contributed by atoms with Gasteiger partial charge in [0.1, 0.15) is 12.2 Å². The molecule has 0 radical (unpaired) electrons. The highest BCUT2D eigenvalue weighted by atomic mass is 35.5. The largest absolute Gasteiger partial charge is 0.341 e. The average Bonchev–Trinajstić information content (AvgIpc) is 2.84. The summed E-state index contributed by atoms with van der Waals surface area (Å²) in [6, 6.07) is 5.00. The van der Waals surface area contributed by atoms with Gasteiger partial charge >= 0.3 is 10.3 Å². The molecule has 1 aromatic carbocycles. The second kappa shape index (κ2) is 7.23. The van der Waals surface area contributed by atoms with Crippen LogP contribution in [0.1, 0.15) is 38.4 Å². The van der Waals surface area contributed by atoms with Crippen molar-refractivity contribution in [3.63, 3.8) is 0 Å². The third-order valence-electron chi connectivity index (χ3n) is 3.79. The summed E-state index contributed by atoms with van der Waals surface area (Å²) < 4.78 is 38.8. The smallest absolute Gasteiger partial charge is 0.333 e. The Morgan fingerprint density at radius 3 is 2.43 bits per heavy atom. The summed E-state index contributed by atoms with van der Waals surface area (Å²) in [4.78, 5) is 0. The van der Waals surface area contributed by atoms with Crippen molar-refractivity contribution in [2.24, 2.45) is 5.14 Å². The van der Waals surface area contributed by atoms with Gasteiger partial charge in [0.05, 0.1) is 6.61 Å². The first-order valence-electron chi connectivity index (χ1n) is 7.17. The number of rotatable bonds is 6. The lowest BCUT2D eigenvalue weighted by Crippen LogP contribution is -2.31. The van der Waals surface area contributed by atoms with Gasteiger partial charge in [-0.1, -0.05) is 43.1 Å². The van der Waals surface area contributed by atoms with E-state index < -0.39 is 28.3 Å². The van der Waals surface area contributed by atoms with Crippen LogP contribution < -0.4 is 5.14 Å². The zero-order valence-electron chi connectivity index (χ0n) is 12.8. The Morgan fingerprint density at radius 2 is 1.91 bits per heavy atom. The van der Waals surface area contributed by atoms with Gasteiger partial charge in [0.25, 0.3) is 0 Å². The van der Waals surface area contributed by atoms with Gasteiger partial charge in [-0.3, -0.25) is 4.18 Å². The lowest BCUT2D eigenvalue weighted by molar-refractivity contribution is -0.181. The molecule has 1 aromatic rings. The molecule has 1 saturated heterocycles. The molecule has 2 rings (SSSR count). The Bertz CT molecular complexity index is 663. The van der Waals surface area contributed by atoms with E-state index in [1.54, 1.807) is 18.2 Å². The van der Waals surface area contributed by atoms with E-state index in [9.17, 15) is 8.42 Å². The van der Waals surface area contributed by atoms with Crippen LogP contribution in [0, 0.1) is 0 Å². The summed E-state index contributed by atoms with van der Waals surface area (Å²) in [7, 11) is -4.07. The SMILES string of the molecule is CCC1(CC)O[C@@H](COS(N)(=O)=O)[C@H](c2ccc(Cl)cc2Cl)O1. The Labute approximate surface area is 146 Å². The van der Waals surface area contributed by atoms with E-state index in [2.05, 4.69) is 4.18 Å². The van der Waals surface area contributed by atoms with E-state index in [0.717, 1.165) is 0 Å². The number of hydrogen-bond acceptors (Lipinski definition) is 5. The zero-order valence-corrected chi connectivity index (χ0v) is 15.1. The molecule has 0 bridgehead atoms. The third kappa shape index (κ3) is 4.57. The molecule has 6 nitrogen and oxygen atoms in total. The molecule has 0 spiro atoms. The van der Waals surface area contributed by atoms with Gasteiger partial charge in [-0.15, -0.1) is 0 Å². The number of ether oxygens (including phenoxy) is 2. The minimum atomic E-state index is -4.07. The summed E-state index contributed by atoms with van der Waals surface area (Å²) in [5, 5.41) is 5.79. The van der Waals surface area contributed by atoms with Gasteiger partial charge < -0.3 is 9.47 Å². The van der Waals surface area contributed by atoms with Gasteiger partial charge in [-0.2, -0.15) is 8.42 Å². The van der Waals surface area contributed by atoms with Gasteiger partial charge in [0, 0.05) is 15.6 Å². The van der Waals surface area contributed by atoms with Crippen LogP contribution in [0.2, 0.25) is 10.0 Å². The number of benzene rings is 1. The van der Waals surface area contributed by atoms with E-state index in [-0.39, 0.29) is 6.61 Å². The molecule has 1 aliphatic heterocycles. The van der Waals surface area contributed by atoms with Crippen molar-refractivity contribution in [1.82, 2.24) is 0 Å². The minimum absolute atomic E-state index is 0.260. The molecule has 1 aliphatic rings. The summed E-state index contributed by atoms with van der Waals surface area (Å²) >= 11 is 12.2. The lowest BCUT2D eigenvalue weighted by Gasteiger charge is -2.25. The quantitative estimate of drug-likeness (QED) is 0.814. The van der Waals surface area contributed by atoms with E-state index in [1.165, 1.54) is 0 Å². The normalized spacial score (nSPS) is 24.0. The van der Waals surface area contributed by atoms with Crippen LogP contribution in [-0.4, -0.2) is 26.9 Å². The lowest BCUT2D eigenvalue weighted by atomic mass is 10.1. The average molecular weight is 384 g/mol. The number of nitrogens with two attached hydrogens (primary N) is 1. The molecule has 0 amide bonds. The molecule has 0 aromatic heterocycles. The van der Waals surface area contributed by atoms with Crippen molar-refractivity contribution in [1.29, 1.82) is 0 Å². The Hall–Kier alpha value is -0.410. The maximum atomic E-state index is 11.1. The first kappa shape index (κ1) is 18.9. The van der Waals surface area contributed by atoms with E-state index in [0.29, 0.717) is 28.5 Å². The summed E-state index contributed by atoms with van der Waals surface area (Å²) in [5.41, 5.74) is 0.655. The van der Waals surface area contributed by atoms with Crippen molar-refractivity contribution >= 4 is 33.5 Å². The Kier molecular flexibility index (Phi) is 5.94. The molecular weight excluding hydrogens is 365 g/mol. The summed E-state index contributed by atoms with van der Waals surface area (Å²) in [5.74, 6) is -0.819. The fourth-order valence-corrected chi connectivity index (χ4v) is 3.38. The molecule has 2 N–H and O–H groups in total. The van der Waals surface area contributed by atoms with Crippen LogP contribution in [0.3, 0.4) is 0 Å². The molecule has 23 heavy (non-hydrogen) atoms. The molecular formula is C14H19Cl2NO5S. The van der Waals surface area contributed by atoms with Gasteiger partial charge in [-0.05, 0) is 25.0 Å². The Balaban J connectivity index is 2.32. The van der Waals surface area contributed by atoms with E-state index in [1.807, 2.05) is 13.8 Å². The Morgan fingerprint density at radius 1 is 1.26 bits per heavy atom. The number of hydrogen-bond donors (Lipinski definition) is 1. The van der Waals surface area contributed by atoms with E-state index in [4.69, 9.17) is 37.8 Å². The van der Waals surface area contributed by atoms with Crippen LogP contribution in [0.15, 0.2) is 18.2 Å². The second-order valence-electron chi connectivity index (χ2n) is 5.26. The van der Waals surface area contributed by atoms with Gasteiger partial charge in [-0.25, -0.2) is 5.14 Å². The fraction of sp³-hybridized carbons (Fsp3) is 0.571. The van der Waals surface area contributed by atoms with Crippen LogP contribution in [-0.2, 0) is 24.0 Å². The van der Waals surface area contributed by atoms with Crippen LogP contribution >= 0.6 is 23.2 Å². The highest BCUT2D eigenvalue weighted by Gasteiger charge is 2.47. The predicted octanol–water partition coefficient (Wildman–Crippen LogP) is 3.19. The molecule has 0 aliphatic carbocycles. The summed E-state index contributed by atoms with van der Waals surface area (Å²) in [6.07, 6.45) is -0.0536. The summed E-state index contributed by atoms with van der Waals surface area (Å²) in [6.45, 7) is 3.59. The van der Waals surface area contributed by atoms with Gasteiger partial charge in [0.15, 0.2) is 5.79 Å². The van der Waals surface area contributed by atoms with Crippen molar-refractivity contribution in [2.45, 2.75) is 44.7 Å². The standard InChI is InChI=1S/C14H19Cl2NO5S/c1-3-14(4-2)21-12(8-20-23(17,18)19)13(22-14)10-6-5-9(15)7-11(10)16/h5-7,12-13H,3-4,8H2,1-2H3,(H2,17,18,19)/t12-,13-/m0/s1. The first-order chi connectivity index (χ1) is 10.7. The topological polar surface area (TPSA) is 87.9 Å². The molecule has 0 unspecified atom stereocenters. The van der Waals surface area contributed by atoms with Gasteiger partial charge in [0.2, 0.25) is 0 Å². The van der Waals surface area contributed by atoms with Crippen LogP contribution in [0.4, 0.5) is 0 Å². The fourth-order valence-electron chi connectivity index (χ4n) is 2.54. The monoisotopic (exact) mass is 383 g/mol. The highest BCUT2D eigenvalue weighted by molar-refractivity contribution is 7.84. The molecule has 9 heteroatoms. The molecule has 1 fully saturated rings. The van der Waals surface area contributed by atoms with Crippen molar-refractivity contribution in [3.05, 3.63) is 33.8 Å². The maximum absolute atomic E-state index is 11.1. The molecule has 1 heterocycles. The first-order valence-corrected chi connectivity index (χ1v) is 9.40. The van der Waals surface area contributed by atoms with Crippen molar-refractivity contribution in [2.75, 3.05) is 6.61 Å². The molecule has 0 saturated carbocycles. The highest BCUT2D eigenvalue weighted by Crippen LogP contribution is 2.44. The predicted molar refractivity (Wildman–Crippen MR) is 87.5 cm³/mol. The maximum Gasteiger partial charge on any atom is 0.333 e. The number of halogens is 2. The second-order valence-corrected chi connectivity index (χ2v) is 7.32. The van der Waals surface area contributed by atoms with Crippen LogP contribution in [0.5, 0.6) is 0 Å². The van der Waals surface area contributed by atoms with Crippen molar-refractivity contribution < 1.29 is 22.1 Å². The van der Waals surface area contributed by atoms with E-state index >= 15 is 0 Å². The minimum Gasteiger partial charge on any atom is -0.341 e. The zero-order chi connectivity index (χ0) is 17.3. The third-order valence-corrected chi connectivity index (χ3v) is 4.82. The molecule has 130 valence electrons. The van der Waals surface area contributed by atoms with Crippen molar-refractivity contribution in [3.8, 4) is 0 Å².